The predicted molar refractivity (Wildman–Crippen MR) is 90.1 cm³/mol. The van der Waals surface area contributed by atoms with Crippen LogP contribution in [0.5, 0.6) is 5.75 Å². The van der Waals surface area contributed by atoms with Crippen LogP contribution in [0, 0.1) is 20.8 Å². The van der Waals surface area contributed by atoms with Crippen LogP contribution in [-0.2, 0) is 0 Å². The highest BCUT2D eigenvalue weighted by Gasteiger charge is 2.23. The first kappa shape index (κ1) is 15.5. The van der Waals surface area contributed by atoms with Crippen molar-refractivity contribution in [1.82, 2.24) is 5.32 Å². The summed E-state index contributed by atoms with van der Waals surface area (Å²) >= 11 is 5.40. The molecule has 1 heterocycles. The molecule has 0 fully saturated rings. The molecule has 2 aromatic rings. The molecule has 2 nitrogen and oxygen atoms in total. The van der Waals surface area contributed by atoms with E-state index in [0.717, 1.165) is 15.8 Å². The lowest BCUT2D eigenvalue weighted by Crippen LogP contribution is -2.20. The molecule has 1 atom stereocenters. The summed E-state index contributed by atoms with van der Waals surface area (Å²) in [5, 5.41) is 7.84. The van der Waals surface area contributed by atoms with Crippen LogP contribution >= 0.6 is 27.3 Å². The van der Waals surface area contributed by atoms with Crippen LogP contribution in [0.25, 0.3) is 0 Å². The molecule has 0 aliphatic rings. The first-order valence-electron chi connectivity index (χ1n) is 6.54. The Labute approximate surface area is 133 Å². The van der Waals surface area contributed by atoms with Crippen LogP contribution < -0.4 is 10.1 Å². The molecular formula is C16H20BrNOS. The average Bonchev–Trinajstić information content (AvgIpc) is 2.83. The highest BCUT2D eigenvalue weighted by Crippen LogP contribution is 2.40. The molecule has 108 valence electrons. The normalized spacial score (nSPS) is 12.5. The van der Waals surface area contributed by atoms with E-state index in [1.165, 1.54) is 22.3 Å². The largest absolute Gasteiger partial charge is 0.496 e. The summed E-state index contributed by atoms with van der Waals surface area (Å²) in [6.07, 6.45) is 0. The fraction of sp³-hybridized carbons (Fsp3) is 0.375. The fourth-order valence-corrected chi connectivity index (χ4v) is 4.05. The Morgan fingerprint density at radius 1 is 1.20 bits per heavy atom. The Kier molecular flexibility index (Phi) is 4.89. The molecule has 0 amide bonds. The summed E-state index contributed by atoms with van der Waals surface area (Å²) in [5.74, 6) is 0.968. The zero-order valence-corrected chi connectivity index (χ0v) is 14.9. The van der Waals surface area contributed by atoms with E-state index in [1.54, 1.807) is 18.4 Å². The van der Waals surface area contributed by atoms with Crippen molar-refractivity contribution in [1.29, 1.82) is 0 Å². The van der Waals surface area contributed by atoms with Gasteiger partial charge in [-0.15, -0.1) is 0 Å². The van der Waals surface area contributed by atoms with Crippen molar-refractivity contribution in [2.45, 2.75) is 26.8 Å². The van der Waals surface area contributed by atoms with Crippen molar-refractivity contribution in [3.05, 3.63) is 49.1 Å². The molecule has 1 unspecified atom stereocenters. The lowest BCUT2D eigenvalue weighted by molar-refractivity contribution is 0.401. The molecule has 1 aromatic heterocycles. The Balaban J connectivity index is 2.69. The van der Waals surface area contributed by atoms with E-state index in [9.17, 15) is 0 Å². The zero-order valence-electron chi connectivity index (χ0n) is 12.5. The molecule has 0 aliphatic heterocycles. The summed E-state index contributed by atoms with van der Waals surface area (Å²) in [6, 6.07) is 2.26. The van der Waals surface area contributed by atoms with Crippen LogP contribution in [0.4, 0.5) is 0 Å². The smallest absolute Gasteiger partial charge is 0.127 e. The predicted octanol–water partition coefficient (Wildman–Crippen LogP) is 4.75. The van der Waals surface area contributed by atoms with Crippen molar-refractivity contribution in [3.63, 3.8) is 0 Å². The van der Waals surface area contributed by atoms with Crippen molar-refractivity contribution in [3.8, 4) is 5.75 Å². The number of aryl methyl sites for hydroxylation is 2. The van der Waals surface area contributed by atoms with Gasteiger partial charge in [-0.2, -0.15) is 11.3 Å². The lowest BCUT2D eigenvalue weighted by Gasteiger charge is -2.24. The lowest BCUT2D eigenvalue weighted by atomic mass is 9.92. The monoisotopic (exact) mass is 353 g/mol. The highest BCUT2D eigenvalue weighted by atomic mass is 79.9. The summed E-state index contributed by atoms with van der Waals surface area (Å²) in [7, 11) is 3.74. The van der Waals surface area contributed by atoms with Crippen LogP contribution in [0.1, 0.15) is 33.9 Å². The van der Waals surface area contributed by atoms with Gasteiger partial charge >= 0.3 is 0 Å². The van der Waals surface area contributed by atoms with E-state index in [-0.39, 0.29) is 6.04 Å². The Hall–Kier alpha value is -0.840. The molecule has 1 aromatic carbocycles. The number of rotatable bonds is 4. The quantitative estimate of drug-likeness (QED) is 0.855. The van der Waals surface area contributed by atoms with E-state index >= 15 is 0 Å². The number of halogens is 1. The van der Waals surface area contributed by atoms with Crippen molar-refractivity contribution >= 4 is 27.3 Å². The van der Waals surface area contributed by atoms with Crippen LogP contribution in [0.2, 0.25) is 0 Å². The third-order valence-corrected chi connectivity index (χ3v) is 5.40. The van der Waals surface area contributed by atoms with Gasteiger partial charge in [0.25, 0.3) is 0 Å². The maximum atomic E-state index is 5.68. The van der Waals surface area contributed by atoms with Gasteiger partial charge in [-0.25, -0.2) is 0 Å². The van der Waals surface area contributed by atoms with Crippen LogP contribution in [0.15, 0.2) is 21.3 Å². The van der Waals surface area contributed by atoms with E-state index < -0.39 is 0 Å². The van der Waals surface area contributed by atoms with E-state index in [1.807, 2.05) is 7.05 Å². The molecular weight excluding hydrogens is 334 g/mol. The number of hydrogen-bond donors (Lipinski definition) is 1. The minimum Gasteiger partial charge on any atom is -0.496 e. The average molecular weight is 354 g/mol. The molecule has 0 radical (unpaired) electrons. The molecule has 2 rings (SSSR count). The molecule has 0 saturated heterocycles. The molecule has 1 N–H and O–H groups in total. The number of thiophene rings is 1. The van der Waals surface area contributed by atoms with Gasteiger partial charge < -0.3 is 10.1 Å². The Bertz CT molecular complexity index is 621. The molecule has 0 saturated carbocycles. The first-order valence-corrected chi connectivity index (χ1v) is 8.28. The second kappa shape index (κ2) is 6.29. The Morgan fingerprint density at radius 3 is 2.40 bits per heavy atom. The minimum atomic E-state index is 0.146. The van der Waals surface area contributed by atoms with Gasteiger partial charge in [0.05, 0.1) is 13.2 Å². The van der Waals surface area contributed by atoms with Crippen molar-refractivity contribution < 1.29 is 4.74 Å². The van der Waals surface area contributed by atoms with Crippen LogP contribution in [0.3, 0.4) is 0 Å². The van der Waals surface area contributed by atoms with Gasteiger partial charge in [-0.05, 0) is 66.9 Å². The van der Waals surface area contributed by atoms with Gasteiger partial charge in [0.15, 0.2) is 0 Å². The van der Waals surface area contributed by atoms with Gasteiger partial charge in [0.2, 0.25) is 0 Å². The second-order valence-corrected chi connectivity index (χ2v) is 6.58. The van der Waals surface area contributed by atoms with Crippen molar-refractivity contribution in [2.75, 3.05) is 14.2 Å². The third-order valence-electron chi connectivity index (χ3n) is 3.70. The zero-order chi connectivity index (χ0) is 14.9. The number of ether oxygens (including phenoxy) is 1. The molecule has 4 heteroatoms. The van der Waals surface area contributed by atoms with Gasteiger partial charge in [0.1, 0.15) is 5.75 Å². The summed E-state index contributed by atoms with van der Waals surface area (Å²) in [5.41, 5.74) is 6.21. The summed E-state index contributed by atoms with van der Waals surface area (Å²) in [6.45, 7) is 6.37. The van der Waals surface area contributed by atoms with Gasteiger partial charge in [-0.1, -0.05) is 15.9 Å². The topological polar surface area (TPSA) is 21.3 Å². The number of benzene rings is 1. The number of methoxy groups -OCH3 is 1. The van der Waals surface area contributed by atoms with Crippen LogP contribution in [-0.4, -0.2) is 14.2 Å². The van der Waals surface area contributed by atoms with E-state index in [0.29, 0.717) is 0 Å². The summed E-state index contributed by atoms with van der Waals surface area (Å²) in [4.78, 5) is 0. The van der Waals surface area contributed by atoms with Gasteiger partial charge in [0, 0.05) is 10.0 Å². The van der Waals surface area contributed by atoms with Crippen molar-refractivity contribution in [2.24, 2.45) is 0 Å². The number of nitrogens with one attached hydrogen (secondary N) is 1. The number of hydrogen-bond acceptors (Lipinski definition) is 3. The molecule has 0 bridgehead atoms. The molecule has 20 heavy (non-hydrogen) atoms. The maximum Gasteiger partial charge on any atom is 0.127 e. The van der Waals surface area contributed by atoms with E-state index in [4.69, 9.17) is 4.74 Å². The fourth-order valence-electron chi connectivity index (χ4n) is 2.62. The molecule has 0 spiro atoms. The second-order valence-electron chi connectivity index (χ2n) is 4.98. The molecule has 0 aliphatic carbocycles. The maximum absolute atomic E-state index is 5.68. The highest BCUT2D eigenvalue weighted by molar-refractivity contribution is 9.10. The summed E-state index contributed by atoms with van der Waals surface area (Å²) < 4.78 is 6.80. The standard InChI is InChI=1S/C16H20BrNOS/c1-9-6-13(17)11(3)14(16(9)19-5)15(18-4)12-8-20-7-10(12)2/h6-8,15,18H,1-5H3. The SMILES string of the molecule is CNC(c1cscc1C)c1c(C)c(Br)cc(C)c1OC. The first-order chi connectivity index (χ1) is 9.51. The van der Waals surface area contributed by atoms with Gasteiger partial charge in [-0.3, -0.25) is 0 Å². The van der Waals surface area contributed by atoms with E-state index in [2.05, 4.69) is 58.8 Å². The third kappa shape index (κ3) is 2.65. The minimum absolute atomic E-state index is 0.146. The Morgan fingerprint density at radius 2 is 1.90 bits per heavy atom.